The topological polar surface area (TPSA) is 71.8 Å². The number of amides is 1. The zero-order chi connectivity index (χ0) is 10.6. The van der Waals surface area contributed by atoms with Crippen molar-refractivity contribution in [1.29, 1.82) is 0 Å². The minimum atomic E-state index is -0.436. The fourth-order valence-corrected chi connectivity index (χ4v) is 1.16. The lowest BCUT2D eigenvalue weighted by Gasteiger charge is -1.89. The highest BCUT2D eigenvalue weighted by Crippen LogP contribution is 2.14. The van der Waals surface area contributed by atoms with Gasteiger partial charge in [0.1, 0.15) is 5.65 Å². The maximum Gasteiger partial charge on any atom is 0.250 e. The Balaban J connectivity index is 0.000000461. The summed E-state index contributed by atoms with van der Waals surface area (Å²) in [6, 6.07) is 3.57. The number of pyridine rings is 1. The molecule has 0 radical (unpaired) electrons. The number of carbonyl (C=O) groups excluding carboxylic acids is 1. The molecule has 0 fully saturated rings. The molecule has 74 valence electrons. The first-order valence-electron chi connectivity index (χ1n) is 4.51. The summed E-state index contributed by atoms with van der Waals surface area (Å²) in [7, 11) is 0. The van der Waals surface area contributed by atoms with Crippen molar-refractivity contribution in [3.8, 4) is 0 Å². The van der Waals surface area contributed by atoms with Gasteiger partial charge in [0.2, 0.25) is 0 Å². The first-order valence-corrected chi connectivity index (χ1v) is 4.51. The molecule has 2 heterocycles. The largest absolute Gasteiger partial charge is 0.366 e. The maximum absolute atomic E-state index is 10.9. The van der Waals surface area contributed by atoms with E-state index in [1.807, 2.05) is 13.8 Å². The van der Waals surface area contributed by atoms with E-state index in [9.17, 15) is 4.79 Å². The number of hydrogen-bond acceptors (Lipinski definition) is 2. The van der Waals surface area contributed by atoms with Crippen molar-refractivity contribution >= 4 is 16.9 Å². The molecular weight excluding hydrogens is 178 g/mol. The highest BCUT2D eigenvalue weighted by molar-refractivity contribution is 6.04. The molecule has 0 spiro atoms. The summed E-state index contributed by atoms with van der Waals surface area (Å²) < 4.78 is 0. The minimum absolute atomic E-state index is 0.436. The number of hydrogen-bond donors (Lipinski definition) is 2. The predicted molar refractivity (Wildman–Crippen MR) is 56.0 cm³/mol. The molecule has 0 unspecified atom stereocenters. The molecule has 2 rings (SSSR count). The third kappa shape index (κ3) is 1.74. The Morgan fingerprint density at radius 1 is 1.50 bits per heavy atom. The third-order valence-corrected chi connectivity index (χ3v) is 1.72. The molecule has 0 atom stereocenters. The predicted octanol–water partition coefficient (Wildman–Crippen LogP) is 1.69. The number of fused-ring (bicyclic) bond motifs is 1. The molecule has 2 aromatic rings. The zero-order valence-corrected chi connectivity index (χ0v) is 8.24. The normalized spacial score (nSPS) is 9.29. The van der Waals surface area contributed by atoms with Crippen LogP contribution in [0.3, 0.4) is 0 Å². The number of aromatic amines is 1. The second kappa shape index (κ2) is 4.41. The smallest absolute Gasteiger partial charge is 0.250 e. The summed E-state index contributed by atoms with van der Waals surface area (Å²) in [5.41, 5.74) is 6.31. The lowest BCUT2D eigenvalue weighted by Crippen LogP contribution is -2.09. The molecule has 0 bridgehead atoms. The van der Waals surface area contributed by atoms with Crippen LogP contribution in [0.2, 0.25) is 0 Å². The van der Waals surface area contributed by atoms with Crippen molar-refractivity contribution < 1.29 is 4.79 Å². The first kappa shape index (κ1) is 10.2. The average molecular weight is 191 g/mol. The molecule has 3 N–H and O–H groups in total. The number of nitrogens with two attached hydrogens (primary N) is 1. The molecule has 14 heavy (non-hydrogen) atoms. The van der Waals surface area contributed by atoms with Crippen LogP contribution in [0.4, 0.5) is 0 Å². The Morgan fingerprint density at radius 3 is 2.86 bits per heavy atom. The summed E-state index contributed by atoms with van der Waals surface area (Å²) in [6.45, 7) is 4.00. The summed E-state index contributed by atoms with van der Waals surface area (Å²) in [4.78, 5) is 17.7. The Bertz CT molecular complexity index is 434. The van der Waals surface area contributed by atoms with Crippen molar-refractivity contribution in [2.24, 2.45) is 5.73 Å². The number of primary amides is 1. The van der Waals surface area contributed by atoms with E-state index in [2.05, 4.69) is 9.97 Å². The van der Waals surface area contributed by atoms with Gasteiger partial charge >= 0.3 is 0 Å². The molecule has 0 aliphatic rings. The van der Waals surface area contributed by atoms with Crippen LogP contribution in [-0.2, 0) is 0 Å². The highest BCUT2D eigenvalue weighted by atomic mass is 16.1. The van der Waals surface area contributed by atoms with Gasteiger partial charge in [-0.05, 0) is 12.1 Å². The van der Waals surface area contributed by atoms with Crippen molar-refractivity contribution in [1.82, 2.24) is 9.97 Å². The van der Waals surface area contributed by atoms with Gasteiger partial charge in [-0.2, -0.15) is 0 Å². The third-order valence-electron chi connectivity index (χ3n) is 1.72. The Kier molecular flexibility index (Phi) is 3.23. The molecule has 4 heteroatoms. The van der Waals surface area contributed by atoms with Gasteiger partial charge in [-0.3, -0.25) is 4.79 Å². The fourth-order valence-electron chi connectivity index (χ4n) is 1.16. The Morgan fingerprint density at radius 2 is 2.21 bits per heavy atom. The van der Waals surface area contributed by atoms with Crippen LogP contribution in [0.5, 0.6) is 0 Å². The van der Waals surface area contributed by atoms with Crippen LogP contribution in [0.15, 0.2) is 24.5 Å². The van der Waals surface area contributed by atoms with E-state index in [1.54, 1.807) is 24.5 Å². The summed E-state index contributed by atoms with van der Waals surface area (Å²) in [5, 5.41) is 0.769. The van der Waals surface area contributed by atoms with Gasteiger partial charge in [-0.1, -0.05) is 13.8 Å². The second-order valence-corrected chi connectivity index (χ2v) is 2.47. The van der Waals surface area contributed by atoms with Crippen LogP contribution in [0.25, 0.3) is 11.0 Å². The van der Waals surface area contributed by atoms with E-state index in [-0.39, 0.29) is 0 Å². The van der Waals surface area contributed by atoms with Crippen molar-refractivity contribution in [2.75, 3.05) is 0 Å². The molecule has 2 aromatic heterocycles. The summed E-state index contributed by atoms with van der Waals surface area (Å²) >= 11 is 0. The monoisotopic (exact) mass is 191 g/mol. The number of nitrogens with one attached hydrogen (secondary N) is 1. The van der Waals surface area contributed by atoms with Crippen molar-refractivity contribution in [3.63, 3.8) is 0 Å². The highest BCUT2D eigenvalue weighted by Gasteiger charge is 2.07. The van der Waals surface area contributed by atoms with E-state index in [4.69, 9.17) is 5.73 Å². The molecule has 0 aliphatic heterocycles. The molecule has 0 saturated carbocycles. The van der Waals surface area contributed by atoms with Gasteiger partial charge in [0.25, 0.3) is 5.91 Å². The Hall–Kier alpha value is -1.84. The van der Waals surface area contributed by atoms with Crippen LogP contribution in [-0.4, -0.2) is 15.9 Å². The lowest BCUT2D eigenvalue weighted by molar-refractivity contribution is 0.100. The first-order chi connectivity index (χ1) is 6.79. The molecule has 0 aliphatic carbocycles. The average Bonchev–Trinajstić information content (AvgIpc) is 2.64. The van der Waals surface area contributed by atoms with E-state index >= 15 is 0 Å². The molecule has 1 amide bonds. The van der Waals surface area contributed by atoms with Crippen molar-refractivity contribution in [2.45, 2.75) is 13.8 Å². The number of rotatable bonds is 1. The lowest BCUT2D eigenvalue weighted by atomic mass is 10.2. The number of nitrogens with zero attached hydrogens (tertiary/aromatic N) is 1. The zero-order valence-electron chi connectivity index (χ0n) is 8.24. The standard InChI is InChI=1S/C8H7N3O.C2H6/c9-7(12)6-4-11-8-5(6)2-1-3-10-8;1-2/h1-4H,(H2,9,12)(H,10,11);1-2H3. The van der Waals surface area contributed by atoms with Crippen LogP contribution >= 0.6 is 0 Å². The minimum Gasteiger partial charge on any atom is -0.366 e. The molecule has 0 saturated heterocycles. The van der Waals surface area contributed by atoms with Gasteiger partial charge in [-0.25, -0.2) is 4.98 Å². The fraction of sp³-hybridized carbons (Fsp3) is 0.200. The number of carbonyl (C=O) groups is 1. The van der Waals surface area contributed by atoms with Gasteiger partial charge in [0.05, 0.1) is 5.56 Å². The van der Waals surface area contributed by atoms with Crippen LogP contribution < -0.4 is 5.73 Å². The number of H-pyrrole nitrogens is 1. The van der Waals surface area contributed by atoms with E-state index in [1.165, 1.54) is 0 Å². The van der Waals surface area contributed by atoms with E-state index in [0.29, 0.717) is 11.2 Å². The van der Waals surface area contributed by atoms with E-state index < -0.39 is 5.91 Å². The van der Waals surface area contributed by atoms with E-state index in [0.717, 1.165) is 5.39 Å². The van der Waals surface area contributed by atoms with Gasteiger partial charge in [-0.15, -0.1) is 0 Å². The molecule has 0 aromatic carbocycles. The maximum atomic E-state index is 10.9. The second-order valence-electron chi connectivity index (χ2n) is 2.47. The van der Waals surface area contributed by atoms with Gasteiger partial charge < -0.3 is 10.7 Å². The SMILES string of the molecule is CC.NC(=O)c1c[nH]c2ncccc12. The number of aromatic nitrogens is 2. The Labute approximate surface area is 82.1 Å². The quantitative estimate of drug-likeness (QED) is 0.719. The van der Waals surface area contributed by atoms with Gasteiger partial charge in [0, 0.05) is 17.8 Å². The molecular formula is C10H13N3O. The molecule has 4 nitrogen and oxygen atoms in total. The summed E-state index contributed by atoms with van der Waals surface area (Å²) in [6.07, 6.45) is 3.23. The van der Waals surface area contributed by atoms with Crippen LogP contribution in [0.1, 0.15) is 24.2 Å². The van der Waals surface area contributed by atoms with Crippen molar-refractivity contribution in [3.05, 3.63) is 30.1 Å². The summed E-state index contributed by atoms with van der Waals surface area (Å²) in [5.74, 6) is -0.436. The van der Waals surface area contributed by atoms with Gasteiger partial charge in [0.15, 0.2) is 0 Å². The van der Waals surface area contributed by atoms with Crippen LogP contribution in [0, 0.1) is 0 Å².